The lowest BCUT2D eigenvalue weighted by Crippen LogP contribution is -2.44. The lowest BCUT2D eigenvalue weighted by molar-refractivity contribution is -0.113. The van der Waals surface area contributed by atoms with Crippen LogP contribution >= 0.6 is 46.3 Å². The van der Waals surface area contributed by atoms with Crippen molar-refractivity contribution in [3.05, 3.63) is 28.2 Å². The second-order valence-corrected chi connectivity index (χ2v) is 8.60. The Kier molecular flexibility index (Phi) is 6.40. The summed E-state index contributed by atoms with van der Waals surface area (Å²) in [6.45, 7) is 3.95. The van der Waals surface area contributed by atoms with Gasteiger partial charge in [0.2, 0.25) is 11.0 Å². The predicted molar refractivity (Wildman–Crippen MR) is 105 cm³/mol. The van der Waals surface area contributed by atoms with Crippen LogP contribution in [0.2, 0.25) is 10.0 Å². The van der Waals surface area contributed by atoms with E-state index in [0.717, 1.165) is 35.7 Å². The van der Waals surface area contributed by atoms with Gasteiger partial charge in [-0.25, -0.2) is 0 Å². The van der Waals surface area contributed by atoms with E-state index in [-0.39, 0.29) is 11.7 Å². The quantitative estimate of drug-likeness (QED) is 0.752. The standard InChI is InChI=1S/C15H17Cl2N5OS2/c1-21-4-6-22(7-5-21)14-19-20-15(25-14)24-9-13(23)18-10-2-3-11(16)12(17)8-10/h2-3,8H,4-7,9H2,1H3,(H,18,23). The molecule has 0 radical (unpaired) electrons. The van der Waals surface area contributed by atoms with Gasteiger partial charge in [-0.15, -0.1) is 10.2 Å². The number of likely N-dealkylation sites (N-methyl/N-ethyl adjacent to an activating group) is 1. The Labute approximate surface area is 164 Å². The molecule has 0 bridgehead atoms. The van der Waals surface area contributed by atoms with E-state index < -0.39 is 0 Å². The summed E-state index contributed by atoms with van der Waals surface area (Å²) in [4.78, 5) is 16.6. The van der Waals surface area contributed by atoms with E-state index in [1.165, 1.54) is 23.1 Å². The molecule has 10 heteroatoms. The highest BCUT2D eigenvalue weighted by Gasteiger charge is 2.18. The number of aromatic nitrogens is 2. The van der Waals surface area contributed by atoms with Crippen LogP contribution < -0.4 is 10.2 Å². The lowest BCUT2D eigenvalue weighted by Gasteiger charge is -2.31. The molecule has 0 unspecified atom stereocenters. The number of carbonyl (C=O) groups excluding carboxylic acids is 1. The van der Waals surface area contributed by atoms with E-state index in [1.54, 1.807) is 18.2 Å². The summed E-state index contributed by atoms with van der Waals surface area (Å²) in [5.74, 6) is 0.136. The van der Waals surface area contributed by atoms with Gasteiger partial charge in [-0.3, -0.25) is 4.79 Å². The lowest BCUT2D eigenvalue weighted by atomic mass is 10.3. The van der Waals surface area contributed by atoms with E-state index in [1.807, 2.05) is 0 Å². The van der Waals surface area contributed by atoms with Crippen LogP contribution in [-0.2, 0) is 4.79 Å². The molecule has 1 aliphatic heterocycles. The van der Waals surface area contributed by atoms with Crippen LogP contribution in [-0.4, -0.2) is 60.0 Å². The van der Waals surface area contributed by atoms with Crippen molar-refractivity contribution in [1.29, 1.82) is 0 Å². The van der Waals surface area contributed by atoms with Crippen molar-refractivity contribution in [1.82, 2.24) is 15.1 Å². The van der Waals surface area contributed by atoms with Crippen molar-refractivity contribution < 1.29 is 4.79 Å². The molecule has 0 atom stereocenters. The van der Waals surface area contributed by atoms with Crippen molar-refractivity contribution in [2.45, 2.75) is 4.34 Å². The maximum Gasteiger partial charge on any atom is 0.234 e. The summed E-state index contributed by atoms with van der Waals surface area (Å²) in [7, 11) is 2.12. The fourth-order valence-corrected chi connectivity index (χ4v) is 4.28. The number of hydrogen-bond acceptors (Lipinski definition) is 7. The molecule has 2 aromatic rings. The fourth-order valence-electron chi connectivity index (χ4n) is 2.28. The van der Waals surface area contributed by atoms with Crippen LogP contribution in [0.5, 0.6) is 0 Å². The van der Waals surface area contributed by atoms with Crippen LogP contribution in [0.15, 0.2) is 22.5 Å². The number of rotatable bonds is 5. The first kappa shape index (κ1) is 18.7. The Balaban J connectivity index is 1.50. The van der Waals surface area contributed by atoms with Gasteiger partial charge < -0.3 is 15.1 Å². The molecular formula is C15H17Cl2N5OS2. The van der Waals surface area contributed by atoms with Gasteiger partial charge in [0, 0.05) is 31.9 Å². The fraction of sp³-hybridized carbons (Fsp3) is 0.400. The molecule has 1 saturated heterocycles. The largest absolute Gasteiger partial charge is 0.344 e. The minimum Gasteiger partial charge on any atom is -0.344 e. The second kappa shape index (κ2) is 8.55. The maximum absolute atomic E-state index is 12.1. The monoisotopic (exact) mass is 417 g/mol. The number of carbonyl (C=O) groups is 1. The Bertz CT molecular complexity index is 749. The van der Waals surface area contributed by atoms with Crippen molar-refractivity contribution in [2.75, 3.05) is 49.2 Å². The molecule has 1 aliphatic rings. The van der Waals surface area contributed by atoms with Crippen LogP contribution in [0, 0.1) is 0 Å². The highest BCUT2D eigenvalue weighted by Crippen LogP contribution is 2.29. The summed E-state index contributed by atoms with van der Waals surface area (Å²) >= 11 is 14.7. The molecule has 0 spiro atoms. The van der Waals surface area contributed by atoms with Crippen molar-refractivity contribution in [3.8, 4) is 0 Å². The van der Waals surface area contributed by atoms with Gasteiger partial charge in [-0.05, 0) is 25.2 Å². The van der Waals surface area contributed by atoms with Gasteiger partial charge in [-0.2, -0.15) is 0 Å². The predicted octanol–water partition coefficient (Wildman–Crippen LogP) is 3.33. The molecular weight excluding hydrogens is 401 g/mol. The Morgan fingerprint density at radius 1 is 1.24 bits per heavy atom. The molecule has 1 amide bonds. The molecule has 1 N–H and O–H groups in total. The van der Waals surface area contributed by atoms with Gasteiger partial charge in [-0.1, -0.05) is 46.3 Å². The minimum atomic E-state index is -0.125. The number of anilines is 2. The van der Waals surface area contributed by atoms with Crippen molar-refractivity contribution in [2.24, 2.45) is 0 Å². The zero-order valence-corrected chi connectivity index (χ0v) is 16.7. The van der Waals surface area contributed by atoms with E-state index >= 15 is 0 Å². The van der Waals surface area contributed by atoms with Gasteiger partial charge in [0.1, 0.15) is 0 Å². The summed E-state index contributed by atoms with van der Waals surface area (Å²) in [6, 6.07) is 5.00. The molecule has 0 saturated carbocycles. The third-order valence-electron chi connectivity index (χ3n) is 3.70. The first-order chi connectivity index (χ1) is 12.0. The normalized spacial score (nSPS) is 15.4. The number of thioether (sulfide) groups is 1. The van der Waals surface area contributed by atoms with Gasteiger partial charge in [0.15, 0.2) is 4.34 Å². The van der Waals surface area contributed by atoms with Crippen molar-refractivity contribution >= 4 is 63.0 Å². The molecule has 1 aromatic heterocycles. The molecule has 1 fully saturated rings. The molecule has 2 heterocycles. The zero-order valence-electron chi connectivity index (χ0n) is 13.5. The summed E-state index contributed by atoms with van der Waals surface area (Å²) in [5.41, 5.74) is 0.621. The Morgan fingerprint density at radius 2 is 2.00 bits per heavy atom. The SMILES string of the molecule is CN1CCN(c2nnc(SCC(=O)Nc3ccc(Cl)c(Cl)c3)s2)CC1. The maximum atomic E-state index is 12.1. The highest BCUT2D eigenvalue weighted by molar-refractivity contribution is 8.01. The zero-order chi connectivity index (χ0) is 17.8. The molecule has 25 heavy (non-hydrogen) atoms. The van der Waals surface area contributed by atoms with Gasteiger partial charge >= 0.3 is 0 Å². The summed E-state index contributed by atoms with van der Waals surface area (Å²) in [5, 5.41) is 13.0. The first-order valence-corrected chi connectivity index (χ1v) is 10.2. The van der Waals surface area contributed by atoms with Crippen LogP contribution in [0.3, 0.4) is 0 Å². The Hall–Kier alpha value is -1.06. The number of halogens is 2. The third-order valence-corrected chi connectivity index (χ3v) is 6.56. The van der Waals surface area contributed by atoms with Crippen LogP contribution in [0.4, 0.5) is 10.8 Å². The number of benzene rings is 1. The Morgan fingerprint density at radius 3 is 2.72 bits per heavy atom. The number of amides is 1. The van der Waals surface area contributed by atoms with Crippen LogP contribution in [0.1, 0.15) is 0 Å². The average molecular weight is 418 g/mol. The summed E-state index contributed by atoms with van der Waals surface area (Å²) < 4.78 is 0.790. The van der Waals surface area contributed by atoms with Gasteiger partial charge in [0.25, 0.3) is 0 Å². The first-order valence-electron chi connectivity index (χ1n) is 7.66. The van der Waals surface area contributed by atoms with E-state index in [4.69, 9.17) is 23.2 Å². The topological polar surface area (TPSA) is 61.4 Å². The van der Waals surface area contributed by atoms with E-state index in [2.05, 4.69) is 32.4 Å². The second-order valence-electron chi connectivity index (χ2n) is 5.61. The number of nitrogens with zero attached hydrogens (tertiary/aromatic N) is 4. The van der Waals surface area contributed by atoms with Crippen LogP contribution in [0.25, 0.3) is 0 Å². The smallest absolute Gasteiger partial charge is 0.234 e. The minimum absolute atomic E-state index is 0.125. The average Bonchev–Trinajstić information content (AvgIpc) is 3.06. The van der Waals surface area contributed by atoms with E-state index in [0.29, 0.717) is 15.7 Å². The third kappa shape index (κ3) is 5.21. The highest BCUT2D eigenvalue weighted by atomic mass is 35.5. The summed E-state index contributed by atoms with van der Waals surface area (Å²) in [6.07, 6.45) is 0. The molecule has 3 rings (SSSR count). The number of nitrogens with one attached hydrogen (secondary N) is 1. The molecule has 1 aromatic carbocycles. The number of hydrogen-bond donors (Lipinski definition) is 1. The molecule has 6 nitrogen and oxygen atoms in total. The van der Waals surface area contributed by atoms with Gasteiger partial charge in [0.05, 0.1) is 15.8 Å². The van der Waals surface area contributed by atoms with Crippen molar-refractivity contribution in [3.63, 3.8) is 0 Å². The molecule has 134 valence electrons. The number of piperazine rings is 1. The molecule has 0 aliphatic carbocycles. The van der Waals surface area contributed by atoms with E-state index in [9.17, 15) is 4.79 Å².